The first-order valence-corrected chi connectivity index (χ1v) is 7.49. The normalized spacial score (nSPS) is 43.8. The van der Waals surface area contributed by atoms with E-state index in [1.165, 1.54) is 19.3 Å². The van der Waals surface area contributed by atoms with E-state index in [1.54, 1.807) is 13.2 Å². The summed E-state index contributed by atoms with van der Waals surface area (Å²) >= 11 is 0. The fourth-order valence-corrected chi connectivity index (χ4v) is 4.31. The first kappa shape index (κ1) is 15.0. The van der Waals surface area contributed by atoms with E-state index in [-0.39, 0.29) is 23.7 Å². The van der Waals surface area contributed by atoms with E-state index in [2.05, 4.69) is 20.4 Å². The molecule has 0 aromatic carbocycles. The second kappa shape index (κ2) is 5.94. The van der Waals surface area contributed by atoms with Gasteiger partial charge in [-0.2, -0.15) is 0 Å². The van der Waals surface area contributed by atoms with E-state index in [1.807, 2.05) is 0 Å². The molecule has 1 N–H and O–H groups in total. The SMILES string of the molecule is C=CCOC(OC)C1CC2CCCC(C)C2(C)C1O. The van der Waals surface area contributed by atoms with Gasteiger partial charge < -0.3 is 14.6 Å². The topological polar surface area (TPSA) is 38.7 Å². The van der Waals surface area contributed by atoms with Crippen molar-refractivity contribution < 1.29 is 14.6 Å². The van der Waals surface area contributed by atoms with Crippen molar-refractivity contribution in [1.82, 2.24) is 0 Å². The van der Waals surface area contributed by atoms with E-state index in [4.69, 9.17) is 9.47 Å². The Kier molecular flexibility index (Phi) is 4.70. The summed E-state index contributed by atoms with van der Waals surface area (Å²) in [6.45, 7) is 8.68. The smallest absolute Gasteiger partial charge is 0.162 e. The Bertz CT molecular complexity index is 317. The van der Waals surface area contributed by atoms with Crippen molar-refractivity contribution in [2.75, 3.05) is 13.7 Å². The second-order valence-corrected chi connectivity index (χ2v) is 6.47. The molecule has 3 nitrogen and oxygen atoms in total. The summed E-state index contributed by atoms with van der Waals surface area (Å²) in [5.41, 5.74) is 0.0250. The zero-order chi connectivity index (χ0) is 14.0. The van der Waals surface area contributed by atoms with E-state index in [9.17, 15) is 5.11 Å². The zero-order valence-electron chi connectivity index (χ0n) is 12.5. The summed E-state index contributed by atoms with van der Waals surface area (Å²) < 4.78 is 11.1. The first-order valence-electron chi connectivity index (χ1n) is 7.49. The van der Waals surface area contributed by atoms with Crippen LogP contribution in [0.3, 0.4) is 0 Å². The molecule has 0 saturated heterocycles. The van der Waals surface area contributed by atoms with Crippen molar-refractivity contribution in [3.8, 4) is 0 Å². The summed E-state index contributed by atoms with van der Waals surface area (Å²) in [5.74, 6) is 1.25. The number of fused-ring (bicyclic) bond motifs is 1. The maximum Gasteiger partial charge on any atom is 0.162 e. The van der Waals surface area contributed by atoms with Gasteiger partial charge in [0, 0.05) is 13.0 Å². The third kappa shape index (κ3) is 2.48. The number of hydrogen-bond donors (Lipinski definition) is 1. The van der Waals surface area contributed by atoms with E-state index in [0.29, 0.717) is 18.4 Å². The van der Waals surface area contributed by atoms with Gasteiger partial charge in [-0.15, -0.1) is 6.58 Å². The van der Waals surface area contributed by atoms with Crippen LogP contribution >= 0.6 is 0 Å². The predicted molar refractivity (Wildman–Crippen MR) is 75.7 cm³/mol. The molecule has 6 atom stereocenters. The zero-order valence-corrected chi connectivity index (χ0v) is 12.5. The van der Waals surface area contributed by atoms with Crippen molar-refractivity contribution in [2.24, 2.45) is 23.2 Å². The molecule has 3 heteroatoms. The summed E-state index contributed by atoms with van der Waals surface area (Å²) in [4.78, 5) is 0. The van der Waals surface area contributed by atoms with Crippen molar-refractivity contribution >= 4 is 0 Å². The Morgan fingerprint density at radius 2 is 2.21 bits per heavy atom. The van der Waals surface area contributed by atoms with Crippen LogP contribution in [-0.4, -0.2) is 31.2 Å². The van der Waals surface area contributed by atoms with Crippen molar-refractivity contribution in [3.05, 3.63) is 12.7 Å². The number of methoxy groups -OCH3 is 1. The van der Waals surface area contributed by atoms with Gasteiger partial charge in [0.05, 0.1) is 12.7 Å². The molecule has 0 aromatic rings. The molecule has 0 aromatic heterocycles. The lowest BCUT2D eigenvalue weighted by molar-refractivity contribution is -0.174. The quantitative estimate of drug-likeness (QED) is 0.615. The van der Waals surface area contributed by atoms with Crippen LogP contribution in [0.4, 0.5) is 0 Å². The minimum Gasteiger partial charge on any atom is -0.392 e. The maximum atomic E-state index is 10.8. The fraction of sp³-hybridized carbons (Fsp3) is 0.875. The van der Waals surface area contributed by atoms with Gasteiger partial charge in [-0.05, 0) is 30.1 Å². The van der Waals surface area contributed by atoms with Gasteiger partial charge in [0.15, 0.2) is 6.29 Å². The lowest BCUT2D eigenvalue weighted by atomic mass is 9.62. The van der Waals surface area contributed by atoms with Gasteiger partial charge >= 0.3 is 0 Å². The molecule has 0 bridgehead atoms. The van der Waals surface area contributed by atoms with E-state index < -0.39 is 0 Å². The van der Waals surface area contributed by atoms with Crippen LogP contribution in [0.5, 0.6) is 0 Å². The minimum atomic E-state index is -0.331. The average Bonchev–Trinajstić information content (AvgIpc) is 2.67. The van der Waals surface area contributed by atoms with Crippen LogP contribution in [0.2, 0.25) is 0 Å². The number of hydrogen-bond acceptors (Lipinski definition) is 3. The molecule has 0 heterocycles. The lowest BCUT2D eigenvalue weighted by Crippen LogP contribution is -2.44. The highest BCUT2D eigenvalue weighted by Gasteiger charge is 2.57. The first-order chi connectivity index (χ1) is 9.05. The molecule has 110 valence electrons. The number of aliphatic hydroxyl groups is 1. The van der Waals surface area contributed by atoms with Crippen LogP contribution < -0.4 is 0 Å². The monoisotopic (exact) mass is 268 g/mol. The molecular formula is C16H28O3. The van der Waals surface area contributed by atoms with Crippen molar-refractivity contribution in [3.63, 3.8) is 0 Å². The highest BCUT2D eigenvalue weighted by molar-refractivity contribution is 5.04. The molecule has 6 unspecified atom stereocenters. The van der Waals surface area contributed by atoms with Gasteiger partial charge in [0.2, 0.25) is 0 Å². The van der Waals surface area contributed by atoms with Crippen LogP contribution in [0, 0.1) is 23.2 Å². The molecular weight excluding hydrogens is 240 g/mol. The van der Waals surface area contributed by atoms with Crippen LogP contribution in [0.15, 0.2) is 12.7 Å². The van der Waals surface area contributed by atoms with Crippen LogP contribution in [0.25, 0.3) is 0 Å². The van der Waals surface area contributed by atoms with Crippen LogP contribution in [-0.2, 0) is 9.47 Å². The van der Waals surface area contributed by atoms with Gasteiger partial charge in [0.1, 0.15) is 0 Å². The molecule has 2 saturated carbocycles. The van der Waals surface area contributed by atoms with Gasteiger partial charge in [-0.3, -0.25) is 0 Å². The molecule has 2 aliphatic rings. The highest BCUT2D eigenvalue weighted by atomic mass is 16.7. The average molecular weight is 268 g/mol. The Hall–Kier alpha value is -0.380. The predicted octanol–water partition coefficient (Wildman–Crippen LogP) is 2.98. The fourth-order valence-electron chi connectivity index (χ4n) is 4.31. The molecule has 19 heavy (non-hydrogen) atoms. The summed E-state index contributed by atoms with van der Waals surface area (Å²) in [7, 11) is 1.66. The number of rotatable bonds is 5. The highest BCUT2D eigenvalue weighted by Crippen LogP contribution is 2.57. The third-order valence-electron chi connectivity index (χ3n) is 5.69. The van der Waals surface area contributed by atoms with Crippen molar-refractivity contribution in [1.29, 1.82) is 0 Å². The summed E-state index contributed by atoms with van der Waals surface area (Å²) in [5, 5.41) is 10.8. The molecule has 0 radical (unpaired) electrons. The minimum absolute atomic E-state index is 0.0250. The lowest BCUT2D eigenvalue weighted by Gasteiger charge is -2.44. The largest absolute Gasteiger partial charge is 0.392 e. The van der Waals surface area contributed by atoms with E-state index in [0.717, 1.165) is 6.42 Å². The van der Waals surface area contributed by atoms with Gasteiger partial charge in [-0.25, -0.2) is 0 Å². The Balaban J connectivity index is 2.14. The van der Waals surface area contributed by atoms with Crippen LogP contribution in [0.1, 0.15) is 39.5 Å². The molecule has 2 fully saturated rings. The standard InChI is InChI=1S/C16H28O3/c1-5-9-19-15(18-4)13-10-12-8-6-7-11(2)16(12,3)14(13)17/h5,11-15,17H,1,6-10H2,2-4H3. The third-order valence-corrected chi connectivity index (χ3v) is 5.69. The molecule has 0 amide bonds. The second-order valence-electron chi connectivity index (χ2n) is 6.47. The Morgan fingerprint density at radius 3 is 2.79 bits per heavy atom. The van der Waals surface area contributed by atoms with Gasteiger partial charge in [-0.1, -0.05) is 32.8 Å². The maximum absolute atomic E-state index is 10.8. The summed E-state index contributed by atoms with van der Waals surface area (Å²) in [6, 6.07) is 0. The number of aliphatic hydroxyl groups excluding tert-OH is 1. The molecule has 0 spiro atoms. The molecule has 2 rings (SSSR count). The number of ether oxygens (including phenoxy) is 2. The molecule has 2 aliphatic carbocycles. The molecule has 0 aliphatic heterocycles. The summed E-state index contributed by atoms with van der Waals surface area (Å²) in [6.07, 6.45) is 5.83. The van der Waals surface area contributed by atoms with Crippen molar-refractivity contribution in [2.45, 2.75) is 51.9 Å². The Morgan fingerprint density at radius 1 is 1.47 bits per heavy atom. The van der Waals surface area contributed by atoms with E-state index >= 15 is 0 Å². The Labute approximate surface area is 117 Å². The van der Waals surface area contributed by atoms with Gasteiger partial charge in [0.25, 0.3) is 0 Å².